The number of aromatic nitrogens is 3. The zero-order valence-electron chi connectivity index (χ0n) is 24.8. The van der Waals surface area contributed by atoms with Crippen molar-refractivity contribution >= 4 is 5.97 Å². The Hall–Kier alpha value is -3.95. The molecule has 0 unspecified atom stereocenters. The predicted octanol–water partition coefficient (Wildman–Crippen LogP) is 5.46. The van der Waals surface area contributed by atoms with Crippen LogP contribution in [0.25, 0.3) is 0 Å². The number of aryl methyl sites for hydroxylation is 1. The number of rotatable bonds is 12. The first-order chi connectivity index (χ1) is 20.6. The average molecular weight is 578 g/mol. The maximum Gasteiger partial charge on any atom is 0.310 e. The van der Waals surface area contributed by atoms with Gasteiger partial charge in [-0.3, -0.25) is 4.79 Å². The first kappa shape index (κ1) is 28.2. The molecule has 10 heteroatoms. The van der Waals surface area contributed by atoms with Crippen molar-refractivity contribution < 1.29 is 33.2 Å². The molecule has 6 rings (SSSR count). The molecule has 1 aliphatic carbocycles. The number of ether oxygens (including phenoxy) is 6. The minimum atomic E-state index is -0.461. The van der Waals surface area contributed by atoms with Gasteiger partial charge in [-0.15, -0.1) is 5.10 Å². The molecule has 224 valence electrons. The van der Waals surface area contributed by atoms with E-state index in [1.807, 2.05) is 35.1 Å². The summed E-state index contributed by atoms with van der Waals surface area (Å²) >= 11 is 0. The van der Waals surface area contributed by atoms with E-state index in [2.05, 4.69) is 17.2 Å². The summed E-state index contributed by atoms with van der Waals surface area (Å²) in [5.74, 6) is 1.66. The molecule has 3 aromatic rings. The summed E-state index contributed by atoms with van der Waals surface area (Å²) in [6.07, 6.45) is 10.2. The third kappa shape index (κ3) is 5.01. The number of carbonyl (C=O) groups excluding carboxylic acids is 1. The number of esters is 1. The van der Waals surface area contributed by atoms with Crippen LogP contribution in [0.1, 0.15) is 79.8 Å². The van der Waals surface area contributed by atoms with E-state index in [0.717, 1.165) is 35.2 Å². The number of unbranched alkanes of at least 4 members (excludes halogenated alkanes) is 5. The summed E-state index contributed by atoms with van der Waals surface area (Å²) in [5.41, 5.74) is 3.78. The Balaban J connectivity index is 1.41. The van der Waals surface area contributed by atoms with Crippen molar-refractivity contribution in [3.63, 3.8) is 0 Å². The number of carbonyl (C=O) groups is 1. The van der Waals surface area contributed by atoms with Crippen LogP contribution in [0.5, 0.6) is 28.7 Å². The quantitative estimate of drug-likeness (QED) is 0.205. The number of hydrogen-bond donors (Lipinski definition) is 0. The Labute approximate surface area is 246 Å². The minimum Gasteiger partial charge on any atom is -0.493 e. The predicted molar refractivity (Wildman–Crippen MR) is 154 cm³/mol. The van der Waals surface area contributed by atoms with Crippen LogP contribution in [0, 0.1) is 11.8 Å². The van der Waals surface area contributed by atoms with Gasteiger partial charge in [-0.25, -0.2) is 4.68 Å². The molecule has 3 aliphatic rings. The van der Waals surface area contributed by atoms with E-state index in [4.69, 9.17) is 28.4 Å². The molecule has 0 spiro atoms. The number of hydrogen-bond acceptors (Lipinski definition) is 9. The second-order valence-corrected chi connectivity index (χ2v) is 11.2. The zero-order chi connectivity index (χ0) is 29.2. The molecule has 3 heterocycles. The van der Waals surface area contributed by atoms with Crippen LogP contribution in [0.2, 0.25) is 0 Å². The highest BCUT2D eigenvalue weighted by atomic mass is 16.7. The van der Waals surface area contributed by atoms with Gasteiger partial charge < -0.3 is 28.4 Å². The normalized spacial score (nSPS) is 22.0. The second kappa shape index (κ2) is 12.1. The van der Waals surface area contributed by atoms with Gasteiger partial charge in [-0.05, 0) is 53.8 Å². The Morgan fingerprint density at radius 2 is 1.57 bits per heavy atom. The van der Waals surface area contributed by atoms with Gasteiger partial charge in [-0.1, -0.05) is 44.2 Å². The van der Waals surface area contributed by atoms with Gasteiger partial charge >= 0.3 is 5.97 Å². The summed E-state index contributed by atoms with van der Waals surface area (Å²) in [6, 6.07) is 7.60. The van der Waals surface area contributed by atoms with E-state index >= 15 is 0 Å². The van der Waals surface area contributed by atoms with Gasteiger partial charge in [-0.2, -0.15) is 0 Å². The van der Waals surface area contributed by atoms with Crippen LogP contribution in [-0.4, -0.2) is 55.7 Å². The highest BCUT2D eigenvalue weighted by Gasteiger charge is 2.53. The maximum atomic E-state index is 13.5. The lowest BCUT2D eigenvalue weighted by molar-refractivity contribution is -0.141. The first-order valence-electron chi connectivity index (χ1n) is 14.9. The van der Waals surface area contributed by atoms with Gasteiger partial charge in [0.2, 0.25) is 12.5 Å². The van der Waals surface area contributed by atoms with Crippen LogP contribution in [0.15, 0.2) is 30.5 Å². The molecule has 42 heavy (non-hydrogen) atoms. The fourth-order valence-corrected chi connectivity index (χ4v) is 6.80. The van der Waals surface area contributed by atoms with Crippen molar-refractivity contribution in [2.75, 3.05) is 34.7 Å². The Kier molecular flexibility index (Phi) is 8.13. The molecule has 0 radical (unpaired) electrons. The van der Waals surface area contributed by atoms with Crippen molar-refractivity contribution in [3.05, 3.63) is 52.8 Å². The molecule has 4 atom stereocenters. The summed E-state index contributed by atoms with van der Waals surface area (Å²) < 4.78 is 36.2. The molecule has 0 bridgehead atoms. The lowest BCUT2D eigenvalue weighted by atomic mass is 9.65. The topological polar surface area (TPSA) is 103 Å². The highest BCUT2D eigenvalue weighted by molar-refractivity contribution is 5.79. The van der Waals surface area contributed by atoms with Crippen LogP contribution in [-0.2, 0) is 16.0 Å². The molecular formula is C32H39N3O7. The van der Waals surface area contributed by atoms with E-state index in [0.29, 0.717) is 28.7 Å². The standard InChI is InChI=1S/C32H39N3O7/c1-5-6-7-8-9-10-11-20-16-35(34-33-20)30-22-15-25-24(41-18-42-25)14-21(22)28(29-23(30)17-40-32(29)36)19-12-26(37-2)31(39-4)27(13-19)38-3/h12-16,23,28-30H,5-11,17-18H2,1-4H3/t23-,28+,29-,30+/m0/s1. The van der Waals surface area contributed by atoms with Crippen molar-refractivity contribution in [2.24, 2.45) is 11.8 Å². The monoisotopic (exact) mass is 577 g/mol. The molecule has 1 fully saturated rings. The third-order valence-corrected chi connectivity index (χ3v) is 8.82. The number of nitrogens with zero attached hydrogens (tertiary/aromatic N) is 3. The van der Waals surface area contributed by atoms with Crippen molar-refractivity contribution in [1.29, 1.82) is 0 Å². The van der Waals surface area contributed by atoms with Crippen LogP contribution in [0.4, 0.5) is 0 Å². The molecular weight excluding hydrogens is 538 g/mol. The number of cyclic esters (lactones) is 1. The van der Waals surface area contributed by atoms with Crippen LogP contribution < -0.4 is 23.7 Å². The summed E-state index contributed by atoms with van der Waals surface area (Å²) in [4.78, 5) is 13.5. The van der Waals surface area contributed by atoms with Gasteiger partial charge in [0.25, 0.3) is 0 Å². The smallest absolute Gasteiger partial charge is 0.310 e. The number of methoxy groups -OCH3 is 3. The molecule has 10 nitrogen and oxygen atoms in total. The van der Waals surface area contributed by atoms with E-state index in [9.17, 15) is 4.79 Å². The Morgan fingerprint density at radius 3 is 2.26 bits per heavy atom. The fraction of sp³-hybridized carbons (Fsp3) is 0.531. The average Bonchev–Trinajstić information content (AvgIpc) is 3.76. The van der Waals surface area contributed by atoms with Gasteiger partial charge in [0.15, 0.2) is 23.0 Å². The molecule has 1 aromatic heterocycles. The number of fused-ring (bicyclic) bond motifs is 3. The van der Waals surface area contributed by atoms with E-state index < -0.39 is 5.92 Å². The lowest BCUT2D eigenvalue weighted by Crippen LogP contribution is -2.37. The first-order valence-corrected chi connectivity index (χ1v) is 14.9. The highest BCUT2D eigenvalue weighted by Crippen LogP contribution is 2.56. The minimum absolute atomic E-state index is 0.151. The largest absolute Gasteiger partial charge is 0.493 e. The second-order valence-electron chi connectivity index (χ2n) is 11.2. The third-order valence-electron chi connectivity index (χ3n) is 8.82. The fourth-order valence-electron chi connectivity index (χ4n) is 6.80. The van der Waals surface area contributed by atoms with Crippen LogP contribution >= 0.6 is 0 Å². The van der Waals surface area contributed by atoms with Gasteiger partial charge in [0.1, 0.15) is 0 Å². The molecule has 2 aliphatic heterocycles. The Bertz CT molecular complexity index is 1410. The van der Waals surface area contributed by atoms with E-state index in [1.165, 1.54) is 32.1 Å². The SMILES string of the molecule is CCCCCCCCc1cn([C@@H]2c3cc4c(cc3[C@@H](c3cc(OC)c(OC)c(OC)c3)[C@H]3C(=O)OC[C@@H]32)OCO4)nn1. The summed E-state index contributed by atoms with van der Waals surface area (Å²) in [7, 11) is 4.75. The molecule has 0 amide bonds. The molecule has 0 saturated carbocycles. The van der Waals surface area contributed by atoms with Crippen molar-refractivity contribution in [2.45, 2.75) is 63.8 Å². The maximum absolute atomic E-state index is 13.5. The summed E-state index contributed by atoms with van der Waals surface area (Å²) in [6.45, 7) is 2.67. The van der Waals surface area contributed by atoms with Gasteiger partial charge in [0, 0.05) is 18.0 Å². The van der Waals surface area contributed by atoms with Crippen molar-refractivity contribution in [3.8, 4) is 28.7 Å². The van der Waals surface area contributed by atoms with Gasteiger partial charge in [0.05, 0.1) is 45.6 Å². The van der Waals surface area contributed by atoms with Crippen LogP contribution in [0.3, 0.4) is 0 Å². The van der Waals surface area contributed by atoms with Crippen molar-refractivity contribution in [1.82, 2.24) is 15.0 Å². The molecule has 0 N–H and O–H groups in total. The van der Waals surface area contributed by atoms with E-state index in [1.54, 1.807) is 21.3 Å². The molecule has 1 saturated heterocycles. The molecule has 2 aromatic carbocycles. The Morgan fingerprint density at radius 1 is 0.881 bits per heavy atom. The number of benzene rings is 2. The van der Waals surface area contributed by atoms with E-state index in [-0.39, 0.29) is 37.2 Å². The summed E-state index contributed by atoms with van der Waals surface area (Å²) in [5, 5.41) is 9.12. The lowest BCUT2D eigenvalue weighted by Gasteiger charge is -2.39. The zero-order valence-corrected chi connectivity index (χ0v) is 24.8.